The summed E-state index contributed by atoms with van der Waals surface area (Å²) in [6.45, 7) is 4.92. The highest BCUT2D eigenvalue weighted by molar-refractivity contribution is 5.97. The maximum Gasteiger partial charge on any atom is 0.255 e. The number of hydrogen-bond donors (Lipinski definition) is 1. The van der Waals surface area contributed by atoms with Gasteiger partial charge >= 0.3 is 0 Å². The van der Waals surface area contributed by atoms with Crippen molar-refractivity contribution in [2.45, 2.75) is 18.9 Å². The lowest BCUT2D eigenvalue weighted by Crippen LogP contribution is -2.24. The normalized spacial score (nSPS) is 16.8. The molecule has 150 valence electrons. The molecule has 6 nitrogen and oxygen atoms in total. The molecule has 8 heteroatoms. The molecule has 1 amide bonds. The Morgan fingerprint density at radius 2 is 2.28 bits per heavy atom. The molecule has 2 aromatic rings. The summed E-state index contributed by atoms with van der Waals surface area (Å²) in [6.07, 6.45) is 8.14. The Labute approximate surface area is 167 Å². The van der Waals surface area contributed by atoms with Crippen molar-refractivity contribution in [3.8, 4) is 6.07 Å². The minimum absolute atomic E-state index is 0.0938. The number of carbonyl (C=O) groups excluding carboxylic acids is 1. The van der Waals surface area contributed by atoms with E-state index >= 15 is 0 Å². The first-order valence-corrected chi connectivity index (χ1v) is 9.26. The summed E-state index contributed by atoms with van der Waals surface area (Å²) in [7, 11) is 0. The first-order chi connectivity index (χ1) is 14.0. The Morgan fingerprint density at radius 1 is 1.45 bits per heavy atom. The highest BCUT2D eigenvalue weighted by Gasteiger charge is 2.27. The van der Waals surface area contributed by atoms with Gasteiger partial charge in [-0.15, -0.1) is 0 Å². The van der Waals surface area contributed by atoms with Crippen LogP contribution in [0.2, 0.25) is 0 Å². The van der Waals surface area contributed by atoms with Crippen molar-refractivity contribution in [1.82, 2.24) is 20.0 Å². The quantitative estimate of drug-likeness (QED) is 0.727. The molecule has 0 saturated carbocycles. The molecule has 0 bridgehead atoms. The first-order valence-electron chi connectivity index (χ1n) is 9.26. The van der Waals surface area contributed by atoms with Crippen molar-refractivity contribution in [3.05, 3.63) is 65.5 Å². The Bertz CT molecular complexity index is 976. The van der Waals surface area contributed by atoms with Crippen LogP contribution >= 0.6 is 0 Å². The Morgan fingerprint density at radius 3 is 3.03 bits per heavy atom. The number of halogens is 2. The van der Waals surface area contributed by atoms with Gasteiger partial charge in [0, 0.05) is 24.4 Å². The van der Waals surface area contributed by atoms with E-state index in [0.717, 1.165) is 31.5 Å². The van der Waals surface area contributed by atoms with Gasteiger partial charge in [-0.25, -0.2) is 13.5 Å². The number of rotatable bonds is 7. The zero-order valence-corrected chi connectivity index (χ0v) is 15.8. The van der Waals surface area contributed by atoms with Gasteiger partial charge in [-0.05, 0) is 43.7 Å². The van der Waals surface area contributed by atoms with Crippen LogP contribution in [-0.4, -0.2) is 40.2 Å². The van der Waals surface area contributed by atoms with E-state index in [0.29, 0.717) is 23.4 Å². The number of amides is 1. The summed E-state index contributed by atoms with van der Waals surface area (Å²) in [4.78, 5) is 14.2. The molecule has 1 aliphatic rings. The lowest BCUT2D eigenvalue weighted by atomic mass is 10.0. The van der Waals surface area contributed by atoms with Gasteiger partial charge in [0.2, 0.25) is 0 Å². The second kappa shape index (κ2) is 9.26. The summed E-state index contributed by atoms with van der Waals surface area (Å²) in [5, 5.41) is 15.2. The maximum atomic E-state index is 14.2. The molecule has 0 aliphatic carbocycles. The van der Waals surface area contributed by atoms with Crippen molar-refractivity contribution < 1.29 is 13.6 Å². The van der Waals surface area contributed by atoms with Crippen LogP contribution in [0, 0.1) is 23.0 Å². The number of aromatic nitrogens is 2. The predicted octanol–water partition coefficient (Wildman–Crippen LogP) is 3.37. The Balaban J connectivity index is 1.72. The minimum Gasteiger partial charge on any atom is -0.339 e. The molecule has 0 spiro atoms. The monoisotopic (exact) mass is 397 g/mol. The molecule has 2 heterocycles. The van der Waals surface area contributed by atoms with Crippen molar-refractivity contribution in [1.29, 1.82) is 5.26 Å². The SMILES string of the molecule is C=Cc1c(C(=O)NCC#N)cnn1C=CCN1CCCC1c1cc(F)ccc1F. The number of nitrogens with zero attached hydrogens (tertiary/aromatic N) is 4. The van der Waals surface area contributed by atoms with E-state index in [1.165, 1.54) is 23.0 Å². The van der Waals surface area contributed by atoms with E-state index in [-0.39, 0.29) is 12.6 Å². The van der Waals surface area contributed by atoms with E-state index in [2.05, 4.69) is 21.9 Å². The second-order valence-corrected chi connectivity index (χ2v) is 6.64. The molecule has 29 heavy (non-hydrogen) atoms. The Hall–Kier alpha value is -3.31. The van der Waals surface area contributed by atoms with Crippen LogP contribution in [0.4, 0.5) is 8.78 Å². The standard InChI is InChI=1S/C21H21F2N5O/c1-2-19-17(21(29)25-9-8-24)14-26-28(19)12-4-11-27-10-3-5-20(27)16-13-15(22)6-7-18(16)23/h2,4,6-7,12-14,20H,1,3,5,9-11H2,(H,25,29). The first kappa shape index (κ1) is 20.4. The third kappa shape index (κ3) is 4.58. The predicted molar refractivity (Wildman–Crippen MR) is 106 cm³/mol. The number of likely N-dealkylation sites (tertiary alicyclic amines) is 1. The number of carbonyl (C=O) groups is 1. The fraction of sp³-hybridized carbons (Fsp3) is 0.286. The minimum atomic E-state index is -0.446. The van der Waals surface area contributed by atoms with Crippen LogP contribution in [0.3, 0.4) is 0 Å². The second-order valence-electron chi connectivity index (χ2n) is 6.64. The lowest BCUT2D eigenvalue weighted by molar-refractivity contribution is 0.0958. The van der Waals surface area contributed by atoms with E-state index in [1.54, 1.807) is 6.20 Å². The molecule has 0 radical (unpaired) electrons. The summed E-state index contributed by atoms with van der Waals surface area (Å²) < 4.78 is 29.2. The lowest BCUT2D eigenvalue weighted by Gasteiger charge is -2.23. The molecule has 1 aliphatic heterocycles. The summed E-state index contributed by atoms with van der Waals surface area (Å²) in [5.41, 5.74) is 1.20. The fourth-order valence-electron chi connectivity index (χ4n) is 3.53. The van der Waals surface area contributed by atoms with E-state index in [9.17, 15) is 13.6 Å². The maximum absolute atomic E-state index is 14.2. The molecule has 1 N–H and O–H groups in total. The molecule has 3 rings (SSSR count). The van der Waals surface area contributed by atoms with Gasteiger partial charge < -0.3 is 5.32 Å². The topological polar surface area (TPSA) is 74.0 Å². The third-order valence-electron chi connectivity index (χ3n) is 4.87. The van der Waals surface area contributed by atoms with Crippen molar-refractivity contribution in [3.63, 3.8) is 0 Å². The average molecular weight is 397 g/mol. The number of hydrogen-bond acceptors (Lipinski definition) is 4. The molecule has 1 saturated heterocycles. The van der Waals surface area contributed by atoms with Crippen LogP contribution in [-0.2, 0) is 0 Å². The van der Waals surface area contributed by atoms with Crippen molar-refractivity contribution in [2.24, 2.45) is 0 Å². The smallest absolute Gasteiger partial charge is 0.255 e. The third-order valence-corrected chi connectivity index (χ3v) is 4.87. The summed E-state index contributed by atoms with van der Waals surface area (Å²) in [6, 6.07) is 5.21. The van der Waals surface area contributed by atoms with Crippen LogP contribution < -0.4 is 5.32 Å². The fourth-order valence-corrected chi connectivity index (χ4v) is 3.53. The van der Waals surface area contributed by atoms with Crippen LogP contribution in [0.15, 0.2) is 37.1 Å². The molecule has 1 aromatic heterocycles. The van der Waals surface area contributed by atoms with E-state index in [4.69, 9.17) is 5.26 Å². The van der Waals surface area contributed by atoms with E-state index < -0.39 is 17.5 Å². The highest BCUT2D eigenvalue weighted by Crippen LogP contribution is 2.33. The van der Waals surface area contributed by atoms with Gasteiger partial charge in [0.25, 0.3) is 5.91 Å². The summed E-state index contributed by atoms with van der Waals surface area (Å²) in [5.74, 6) is -1.25. The molecule has 1 aromatic carbocycles. The zero-order valence-electron chi connectivity index (χ0n) is 15.8. The van der Waals surface area contributed by atoms with Gasteiger partial charge in [-0.2, -0.15) is 10.4 Å². The van der Waals surface area contributed by atoms with Gasteiger partial charge in [-0.3, -0.25) is 9.69 Å². The molecular formula is C21H21F2N5O. The van der Waals surface area contributed by atoms with Gasteiger partial charge in [0.1, 0.15) is 18.2 Å². The number of benzene rings is 1. The van der Waals surface area contributed by atoms with E-state index in [1.807, 2.05) is 12.1 Å². The molecule has 1 atom stereocenters. The number of nitrogens with one attached hydrogen (secondary N) is 1. The van der Waals surface area contributed by atoms with Crippen LogP contribution in [0.25, 0.3) is 12.3 Å². The Kier molecular flexibility index (Phi) is 6.52. The van der Waals surface area contributed by atoms with Crippen LogP contribution in [0.5, 0.6) is 0 Å². The van der Waals surface area contributed by atoms with Crippen molar-refractivity contribution >= 4 is 18.2 Å². The van der Waals surface area contributed by atoms with Crippen LogP contribution in [0.1, 0.15) is 40.5 Å². The zero-order chi connectivity index (χ0) is 20.8. The largest absolute Gasteiger partial charge is 0.339 e. The highest BCUT2D eigenvalue weighted by atomic mass is 19.1. The van der Waals surface area contributed by atoms with Crippen molar-refractivity contribution in [2.75, 3.05) is 19.6 Å². The molecule has 1 unspecified atom stereocenters. The van der Waals surface area contributed by atoms with Gasteiger partial charge in [0.05, 0.1) is 23.5 Å². The average Bonchev–Trinajstić information content (AvgIpc) is 3.34. The summed E-state index contributed by atoms with van der Waals surface area (Å²) >= 11 is 0. The van der Waals surface area contributed by atoms with Gasteiger partial charge in [0.15, 0.2) is 0 Å². The van der Waals surface area contributed by atoms with Gasteiger partial charge in [-0.1, -0.05) is 12.7 Å². The number of nitriles is 1. The molecular weight excluding hydrogens is 376 g/mol. The molecule has 1 fully saturated rings.